The Labute approximate surface area is 93.9 Å². The number of nitrogens with zero attached hydrogens (tertiary/aromatic N) is 4. The van der Waals surface area contributed by atoms with Crippen LogP contribution in [0.4, 0.5) is 13.2 Å². The Morgan fingerprint density at radius 1 is 1.35 bits per heavy atom. The zero-order valence-electron chi connectivity index (χ0n) is 8.31. The van der Waals surface area contributed by atoms with E-state index in [0.29, 0.717) is 11.8 Å². The van der Waals surface area contributed by atoms with Crippen LogP contribution in [0.15, 0.2) is 30.7 Å². The molecular formula is C10H5F3N4. The van der Waals surface area contributed by atoms with Gasteiger partial charge in [0.05, 0.1) is 23.4 Å². The van der Waals surface area contributed by atoms with Gasteiger partial charge in [0.25, 0.3) is 0 Å². The molecule has 0 bridgehead atoms. The van der Waals surface area contributed by atoms with E-state index in [4.69, 9.17) is 5.26 Å². The van der Waals surface area contributed by atoms with Crippen molar-refractivity contribution in [1.29, 1.82) is 5.26 Å². The first kappa shape index (κ1) is 11.1. The zero-order chi connectivity index (χ0) is 12.5. The molecule has 86 valence electrons. The Morgan fingerprint density at radius 2 is 2.12 bits per heavy atom. The van der Waals surface area contributed by atoms with Crippen molar-refractivity contribution in [3.8, 4) is 11.9 Å². The van der Waals surface area contributed by atoms with Gasteiger partial charge < -0.3 is 0 Å². The number of rotatable bonds is 1. The molecule has 0 atom stereocenters. The topological polar surface area (TPSA) is 54.5 Å². The molecule has 0 aliphatic heterocycles. The monoisotopic (exact) mass is 238 g/mol. The van der Waals surface area contributed by atoms with Crippen LogP contribution in [0.3, 0.4) is 0 Å². The molecule has 0 aromatic carbocycles. The summed E-state index contributed by atoms with van der Waals surface area (Å²) in [6.45, 7) is 0. The van der Waals surface area contributed by atoms with Crippen molar-refractivity contribution in [1.82, 2.24) is 14.8 Å². The van der Waals surface area contributed by atoms with Crippen LogP contribution in [0.5, 0.6) is 0 Å². The Balaban J connectivity index is 2.41. The number of alkyl halides is 3. The maximum atomic E-state index is 12.3. The Hall–Kier alpha value is -2.36. The Morgan fingerprint density at radius 3 is 2.71 bits per heavy atom. The van der Waals surface area contributed by atoms with Gasteiger partial charge in [-0.3, -0.25) is 0 Å². The minimum absolute atomic E-state index is 0.166. The maximum Gasteiger partial charge on any atom is 0.419 e. The average Bonchev–Trinajstić information content (AvgIpc) is 2.78. The third-order valence-corrected chi connectivity index (χ3v) is 2.02. The number of hydrogen-bond acceptors (Lipinski definition) is 3. The smallest absolute Gasteiger partial charge is 0.237 e. The zero-order valence-corrected chi connectivity index (χ0v) is 8.31. The van der Waals surface area contributed by atoms with E-state index in [1.165, 1.54) is 18.3 Å². The van der Waals surface area contributed by atoms with E-state index in [1.54, 1.807) is 0 Å². The molecule has 2 rings (SSSR count). The molecule has 2 aromatic rings. The largest absolute Gasteiger partial charge is 0.419 e. The van der Waals surface area contributed by atoms with Gasteiger partial charge in [-0.1, -0.05) is 0 Å². The fourth-order valence-corrected chi connectivity index (χ4v) is 1.21. The van der Waals surface area contributed by atoms with Crippen LogP contribution in [0, 0.1) is 11.3 Å². The highest BCUT2D eigenvalue weighted by Crippen LogP contribution is 2.28. The third kappa shape index (κ3) is 2.25. The van der Waals surface area contributed by atoms with Crippen molar-refractivity contribution in [3.05, 3.63) is 41.9 Å². The predicted octanol–water partition coefficient (Wildman–Crippen LogP) is 2.16. The third-order valence-electron chi connectivity index (χ3n) is 2.02. The molecule has 0 fully saturated rings. The second kappa shape index (κ2) is 3.90. The molecule has 0 saturated carbocycles. The lowest BCUT2D eigenvalue weighted by molar-refractivity contribution is -0.137. The van der Waals surface area contributed by atoms with Gasteiger partial charge in [-0.25, -0.2) is 9.67 Å². The predicted molar refractivity (Wildman–Crippen MR) is 51.1 cm³/mol. The van der Waals surface area contributed by atoms with Gasteiger partial charge in [0, 0.05) is 18.5 Å². The standard InChI is InChI=1S/C10H5F3N4/c11-10(12,13)8-5-16-17(6-8)9-3-7(4-14)1-2-15-9/h1-3,5-6H. The van der Waals surface area contributed by atoms with Gasteiger partial charge in [-0.15, -0.1) is 0 Å². The molecule has 7 heteroatoms. The molecule has 2 heterocycles. The molecular weight excluding hydrogens is 233 g/mol. The molecule has 2 aromatic heterocycles. The first-order chi connectivity index (χ1) is 8.00. The fourth-order valence-electron chi connectivity index (χ4n) is 1.21. The van der Waals surface area contributed by atoms with Crippen LogP contribution in [0.2, 0.25) is 0 Å². The molecule has 0 aliphatic rings. The Bertz CT molecular complexity index is 580. The normalized spacial score (nSPS) is 11.2. The first-order valence-corrected chi connectivity index (χ1v) is 4.49. The van der Waals surface area contributed by atoms with Gasteiger partial charge in [0.2, 0.25) is 0 Å². The van der Waals surface area contributed by atoms with Crippen LogP contribution >= 0.6 is 0 Å². The molecule has 0 saturated heterocycles. The molecule has 0 aliphatic carbocycles. The summed E-state index contributed by atoms with van der Waals surface area (Å²) in [5.74, 6) is 0.166. The van der Waals surface area contributed by atoms with E-state index in [1.807, 2.05) is 6.07 Å². The average molecular weight is 238 g/mol. The summed E-state index contributed by atoms with van der Waals surface area (Å²) in [7, 11) is 0. The summed E-state index contributed by atoms with van der Waals surface area (Å²) in [6, 6.07) is 4.68. The molecule has 4 nitrogen and oxygen atoms in total. The van der Waals surface area contributed by atoms with Crippen LogP contribution < -0.4 is 0 Å². The lowest BCUT2D eigenvalue weighted by Gasteiger charge is -2.01. The van der Waals surface area contributed by atoms with Crippen molar-refractivity contribution in [3.63, 3.8) is 0 Å². The summed E-state index contributed by atoms with van der Waals surface area (Å²) in [4.78, 5) is 3.83. The second-order valence-electron chi connectivity index (χ2n) is 3.19. The van der Waals surface area contributed by atoms with Crippen molar-refractivity contribution >= 4 is 0 Å². The minimum Gasteiger partial charge on any atom is -0.237 e. The van der Waals surface area contributed by atoms with Crippen molar-refractivity contribution < 1.29 is 13.2 Å². The van der Waals surface area contributed by atoms with E-state index in [9.17, 15) is 13.2 Å². The summed E-state index contributed by atoms with van der Waals surface area (Å²) in [6.07, 6.45) is -1.57. The SMILES string of the molecule is N#Cc1ccnc(-n2cc(C(F)(F)F)cn2)c1. The highest BCUT2D eigenvalue weighted by Gasteiger charge is 2.32. The van der Waals surface area contributed by atoms with E-state index in [-0.39, 0.29) is 5.82 Å². The van der Waals surface area contributed by atoms with Gasteiger partial charge in [0.15, 0.2) is 5.82 Å². The van der Waals surface area contributed by atoms with Crippen LogP contribution in [-0.2, 0) is 6.18 Å². The highest BCUT2D eigenvalue weighted by atomic mass is 19.4. The molecule has 0 amide bonds. The summed E-state index contributed by atoms with van der Waals surface area (Å²) in [5.41, 5.74) is -0.555. The van der Waals surface area contributed by atoms with Gasteiger partial charge in [-0.2, -0.15) is 23.5 Å². The van der Waals surface area contributed by atoms with Crippen LogP contribution in [-0.4, -0.2) is 14.8 Å². The number of halogens is 3. The van der Waals surface area contributed by atoms with Gasteiger partial charge in [-0.05, 0) is 6.07 Å². The number of pyridine rings is 1. The first-order valence-electron chi connectivity index (χ1n) is 4.49. The number of hydrogen-bond donors (Lipinski definition) is 0. The summed E-state index contributed by atoms with van der Waals surface area (Å²) < 4.78 is 38.0. The summed E-state index contributed by atoms with van der Waals surface area (Å²) in [5, 5.41) is 12.2. The van der Waals surface area contributed by atoms with E-state index in [0.717, 1.165) is 10.9 Å². The molecule has 0 N–H and O–H groups in total. The number of nitriles is 1. The fraction of sp³-hybridized carbons (Fsp3) is 0.100. The molecule has 0 spiro atoms. The van der Waals surface area contributed by atoms with E-state index in [2.05, 4.69) is 10.1 Å². The molecule has 0 radical (unpaired) electrons. The quantitative estimate of drug-likeness (QED) is 0.764. The summed E-state index contributed by atoms with van der Waals surface area (Å²) >= 11 is 0. The molecule has 0 unspecified atom stereocenters. The lowest BCUT2D eigenvalue weighted by atomic mass is 10.3. The van der Waals surface area contributed by atoms with Crippen LogP contribution in [0.25, 0.3) is 5.82 Å². The lowest BCUT2D eigenvalue weighted by Crippen LogP contribution is -2.03. The van der Waals surface area contributed by atoms with Gasteiger partial charge in [0.1, 0.15) is 0 Å². The van der Waals surface area contributed by atoms with Gasteiger partial charge >= 0.3 is 6.18 Å². The second-order valence-corrected chi connectivity index (χ2v) is 3.19. The number of aromatic nitrogens is 3. The van der Waals surface area contributed by atoms with E-state index < -0.39 is 11.7 Å². The van der Waals surface area contributed by atoms with E-state index >= 15 is 0 Å². The van der Waals surface area contributed by atoms with Crippen molar-refractivity contribution in [2.75, 3.05) is 0 Å². The van der Waals surface area contributed by atoms with Crippen molar-refractivity contribution in [2.45, 2.75) is 6.18 Å². The Kier molecular flexibility index (Phi) is 2.55. The minimum atomic E-state index is -4.44. The van der Waals surface area contributed by atoms with Crippen LogP contribution in [0.1, 0.15) is 11.1 Å². The molecule has 17 heavy (non-hydrogen) atoms. The van der Waals surface area contributed by atoms with Crippen molar-refractivity contribution in [2.24, 2.45) is 0 Å². The highest BCUT2D eigenvalue weighted by molar-refractivity contribution is 5.35. The maximum absolute atomic E-state index is 12.3.